The Bertz CT molecular complexity index is 1620. The molecule has 9 nitrogen and oxygen atoms in total. The molecule has 1 N–H and O–H groups in total. The maximum Gasteiger partial charge on any atom is 0.274 e. The third kappa shape index (κ3) is 5.18. The molecule has 3 aliphatic rings. The quantitative estimate of drug-likeness (QED) is 0.460. The van der Waals surface area contributed by atoms with Gasteiger partial charge in [-0.05, 0) is 32.3 Å². The smallest absolute Gasteiger partial charge is 0.274 e. The molecular formula is C31H30F3N3O6. The minimum atomic E-state index is -1.18. The third-order valence-electron chi connectivity index (χ3n) is 8.45. The summed E-state index contributed by atoms with van der Waals surface area (Å²) in [6, 6.07) is 9.31. The molecule has 0 saturated carbocycles. The van der Waals surface area contributed by atoms with Gasteiger partial charge in [0.05, 0.1) is 12.6 Å². The van der Waals surface area contributed by atoms with Crippen LogP contribution in [0, 0.1) is 17.5 Å². The molecule has 0 unspecified atom stereocenters. The number of hydrogen-bond donors (Lipinski definition) is 1. The second-order valence-corrected chi connectivity index (χ2v) is 11.2. The Kier molecular flexibility index (Phi) is 7.51. The summed E-state index contributed by atoms with van der Waals surface area (Å²) < 4.78 is 61.6. The van der Waals surface area contributed by atoms with Crippen molar-refractivity contribution in [1.29, 1.82) is 0 Å². The van der Waals surface area contributed by atoms with E-state index in [1.165, 1.54) is 6.20 Å². The van der Waals surface area contributed by atoms with Crippen LogP contribution < -0.4 is 15.5 Å². The summed E-state index contributed by atoms with van der Waals surface area (Å²) in [5, 5.41) is 2.36. The Hall–Kier alpha value is -4.16. The molecule has 12 heteroatoms. The lowest BCUT2D eigenvalue weighted by Gasteiger charge is -2.42. The number of pyridine rings is 1. The van der Waals surface area contributed by atoms with Gasteiger partial charge in [-0.25, -0.2) is 13.2 Å². The number of rotatable bonds is 6. The van der Waals surface area contributed by atoms with Crippen molar-refractivity contribution < 1.29 is 37.0 Å². The number of carbonyl (C=O) groups excluding carboxylic acids is 2. The summed E-state index contributed by atoms with van der Waals surface area (Å²) >= 11 is 0. The first-order chi connectivity index (χ1) is 20.6. The van der Waals surface area contributed by atoms with E-state index in [4.69, 9.17) is 14.2 Å². The van der Waals surface area contributed by atoms with Crippen molar-refractivity contribution in [1.82, 2.24) is 14.8 Å². The third-order valence-corrected chi connectivity index (χ3v) is 8.45. The first kappa shape index (κ1) is 28.9. The Morgan fingerprint density at radius 3 is 2.51 bits per heavy atom. The van der Waals surface area contributed by atoms with Crippen molar-refractivity contribution in [3.8, 4) is 5.75 Å². The molecule has 2 amide bonds. The molecular weight excluding hydrogens is 567 g/mol. The van der Waals surface area contributed by atoms with Crippen molar-refractivity contribution in [2.45, 2.75) is 63.8 Å². The summed E-state index contributed by atoms with van der Waals surface area (Å²) in [6.07, 6.45) is 1.96. The zero-order valence-electron chi connectivity index (χ0n) is 23.6. The van der Waals surface area contributed by atoms with Crippen molar-refractivity contribution in [3.63, 3.8) is 0 Å². The van der Waals surface area contributed by atoms with Gasteiger partial charge in [0.15, 0.2) is 17.7 Å². The molecule has 1 spiro atoms. The van der Waals surface area contributed by atoms with E-state index in [0.29, 0.717) is 25.0 Å². The highest BCUT2D eigenvalue weighted by atomic mass is 19.1. The number of ether oxygens (including phenoxy) is 3. The Labute approximate surface area is 245 Å². The van der Waals surface area contributed by atoms with E-state index >= 15 is 0 Å². The number of aromatic nitrogens is 1. The second-order valence-electron chi connectivity index (χ2n) is 11.2. The van der Waals surface area contributed by atoms with Crippen molar-refractivity contribution in [2.24, 2.45) is 0 Å². The van der Waals surface area contributed by atoms with Crippen LogP contribution in [0.3, 0.4) is 0 Å². The maximum atomic E-state index is 14.3. The normalized spacial score (nSPS) is 24.5. The van der Waals surface area contributed by atoms with Crippen LogP contribution in [0.25, 0.3) is 0 Å². The van der Waals surface area contributed by atoms with Gasteiger partial charge in [0.25, 0.3) is 11.8 Å². The molecule has 43 heavy (non-hydrogen) atoms. The van der Waals surface area contributed by atoms with Gasteiger partial charge in [-0.15, -0.1) is 0 Å². The van der Waals surface area contributed by atoms with Crippen molar-refractivity contribution >= 4 is 11.8 Å². The van der Waals surface area contributed by atoms with E-state index in [2.05, 4.69) is 5.32 Å². The SMILES string of the molecule is C[C@H]1OC[C@]2(CC[C@H](C)N3C[C@H]2n2cc(C(=O)NCc4c(F)cc(F)cc4F)c(=O)c(OCc4ccccc4)c2C3=O)O1. The molecule has 2 aromatic carbocycles. The van der Waals surface area contributed by atoms with Crippen LogP contribution in [-0.2, 0) is 22.6 Å². The number of halogens is 3. The molecule has 2 fully saturated rings. The van der Waals surface area contributed by atoms with Gasteiger partial charge in [0.1, 0.15) is 35.2 Å². The molecule has 2 bridgehead atoms. The van der Waals surface area contributed by atoms with Crippen LogP contribution in [-0.4, -0.2) is 52.4 Å². The van der Waals surface area contributed by atoms with Gasteiger partial charge in [0.2, 0.25) is 5.43 Å². The summed E-state index contributed by atoms with van der Waals surface area (Å²) in [4.78, 5) is 42.9. The number of benzene rings is 2. The Balaban J connectivity index is 1.45. The molecule has 226 valence electrons. The van der Waals surface area contributed by atoms with Gasteiger partial charge in [-0.1, -0.05) is 30.3 Å². The second kappa shape index (κ2) is 11.2. The fourth-order valence-electron chi connectivity index (χ4n) is 6.12. The van der Waals surface area contributed by atoms with Crippen LogP contribution in [0.1, 0.15) is 64.7 Å². The number of nitrogens with one attached hydrogen (secondary N) is 1. The predicted octanol–water partition coefficient (Wildman–Crippen LogP) is 4.09. The maximum absolute atomic E-state index is 14.3. The number of carbonyl (C=O) groups is 2. The van der Waals surface area contributed by atoms with Crippen LogP contribution in [0.5, 0.6) is 5.75 Å². The monoisotopic (exact) mass is 597 g/mol. The molecule has 6 rings (SSSR count). The van der Waals surface area contributed by atoms with Gasteiger partial charge in [-0.3, -0.25) is 14.4 Å². The summed E-state index contributed by atoms with van der Waals surface area (Å²) in [7, 11) is 0. The first-order valence-corrected chi connectivity index (χ1v) is 14.1. The van der Waals surface area contributed by atoms with E-state index in [0.717, 1.165) is 5.56 Å². The van der Waals surface area contributed by atoms with Gasteiger partial charge in [0, 0.05) is 43.0 Å². The average molecular weight is 598 g/mol. The molecule has 3 aliphatic heterocycles. The van der Waals surface area contributed by atoms with Gasteiger partial charge >= 0.3 is 0 Å². The minimum Gasteiger partial charge on any atom is -0.483 e. The Morgan fingerprint density at radius 2 is 1.84 bits per heavy atom. The van der Waals surface area contributed by atoms with E-state index in [1.807, 2.05) is 13.0 Å². The van der Waals surface area contributed by atoms with Crippen LogP contribution >= 0.6 is 0 Å². The fourth-order valence-corrected chi connectivity index (χ4v) is 6.12. The molecule has 4 heterocycles. The number of fused-ring (bicyclic) bond motifs is 5. The van der Waals surface area contributed by atoms with Gasteiger partial charge in [-0.2, -0.15) is 0 Å². The summed E-state index contributed by atoms with van der Waals surface area (Å²) in [6.45, 7) is 3.49. The predicted molar refractivity (Wildman–Crippen MR) is 147 cm³/mol. The van der Waals surface area contributed by atoms with Gasteiger partial charge < -0.3 is 29.0 Å². The van der Waals surface area contributed by atoms with Crippen LogP contribution in [0.15, 0.2) is 53.5 Å². The Morgan fingerprint density at radius 1 is 1.12 bits per heavy atom. The number of hydrogen-bond acceptors (Lipinski definition) is 6. The molecule has 3 aromatic rings. The summed E-state index contributed by atoms with van der Waals surface area (Å²) in [5.74, 6) is -5.15. The first-order valence-electron chi connectivity index (χ1n) is 14.1. The average Bonchev–Trinajstić information content (AvgIpc) is 3.30. The van der Waals surface area contributed by atoms with Crippen molar-refractivity contribution in [3.05, 3.63) is 98.7 Å². The van der Waals surface area contributed by atoms with Crippen LogP contribution in [0.4, 0.5) is 13.2 Å². The summed E-state index contributed by atoms with van der Waals surface area (Å²) in [5.41, 5.74) is -1.95. The zero-order valence-corrected chi connectivity index (χ0v) is 23.6. The number of amides is 2. The van der Waals surface area contributed by atoms with E-state index in [1.54, 1.807) is 40.7 Å². The van der Waals surface area contributed by atoms with Crippen molar-refractivity contribution in [2.75, 3.05) is 13.2 Å². The highest BCUT2D eigenvalue weighted by Gasteiger charge is 2.54. The molecule has 4 atom stereocenters. The topological polar surface area (TPSA) is 99.1 Å². The molecule has 0 aliphatic carbocycles. The lowest BCUT2D eigenvalue weighted by atomic mass is 9.89. The van der Waals surface area contributed by atoms with E-state index in [9.17, 15) is 27.6 Å². The van der Waals surface area contributed by atoms with E-state index in [-0.39, 0.29) is 37.2 Å². The highest BCUT2D eigenvalue weighted by molar-refractivity contribution is 5.99. The zero-order chi connectivity index (χ0) is 30.5. The standard InChI is InChI=1S/C31H30F3N3O6/c1-17-8-9-31(16-42-18(2)43-31)25-14-36(17)30(40)26-28(41-15-19-6-4-3-5-7-19)27(38)22(13-37(25)26)29(39)35-12-21-23(33)10-20(32)11-24(21)34/h3-7,10-11,13,17-18,25H,8-9,12,14-16H2,1-2H3,(H,35,39)/t17-,18-,25+,31-/m0/s1. The molecule has 0 radical (unpaired) electrons. The molecule has 2 saturated heterocycles. The fraction of sp³-hybridized carbons (Fsp3) is 0.387. The lowest BCUT2D eigenvalue weighted by Crippen LogP contribution is -2.53. The minimum absolute atomic E-state index is 0.0133. The number of nitrogens with zero attached hydrogens (tertiary/aromatic N) is 2. The molecule has 1 aromatic heterocycles. The largest absolute Gasteiger partial charge is 0.483 e. The van der Waals surface area contributed by atoms with Crippen LogP contribution in [0.2, 0.25) is 0 Å². The highest BCUT2D eigenvalue weighted by Crippen LogP contribution is 2.45. The van der Waals surface area contributed by atoms with E-state index < -0.39 is 70.3 Å². The lowest BCUT2D eigenvalue weighted by molar-refractivity contribution is -0.0988.